The predicted octanol–water partition coefficient (Wildman–Crippen LogP) is 2.44. The fraction of sp³-hybridized carbons (Fsp3) is 0.364. The molecule has 0 saturated heterocycles. The van der Waals surface area contributed by atoms with E-state index in [0.29, 0.717) is 17.2 Å². The van der Waals surface area contributed by atoms with Crippen molar-refractivity contribution >= 4 is 17.2 Å². The number of methoxy groups -OCH3 is 1. The van der Waals surface area contributed by atoms with Crippen molar-refractivity contribution < 1.29 is 9.13 Å². The highest BCUT2D eigenvalue weighted by atomic mass is 32.1. The van der Waals surface area contributed by atoms with Crippen LogP contribution in [0.5, 0.6) is 5.75 Å². The van der Waals surface area contributed by atoms with Crippen LogP contribution >= 0.6 is 12.2 Å². The quantitative estimate of drug-likeness (QED) is 0.785. The topological polar surface area (TPSA) is 35.2 Å². The minimum Gasteiger partial charge on any atom is -0.496 e. The summed E-state index contributed by atoms with van der Waals surface area (Å²) in [5, 5.41) is 0. The largest absolute Gasteiger partial charge is 0.496 e. The molecule has 1 rings (SSSR count). The van der Waals surface area contributed by atoms with Crippen molar-refractivity contribution in [3.63, 3.8) is 0 Å². The maximum absolute atomic E-state index is 13.0. The summed E-state index contributed by atoms with van der Waals surface area (Å²) in [6, 6.07) is 4.50. The van der Waals surface area contributed by atoms with Gasteiger partial charge in [0, 0.05) is 0 Å². The highest BCUT2D eigenvalue weighted by molar-refractivity contribution is 7.80. The first kappa shape index (κ1) is 11.9. The van der Waals surface area contributed by atoms with Gasteiger partial charge in [-0.05, 0) is 43.0 Å². The fourth-order valence-electron chi connectivity index (χ4n) is 1.40. The molecule has 0 fully saturated rings. The molecule has 0 aliphatic carbocycles. The summed E-state index contributed by atoms with van der Waals surface area (Å²) in [6.07, 6.45) is 2.21. The van der Waals surface area contributed by atoms with Crippen LogP contribution in [0.3, 0.4) is 0 Å². The van der Waals surface area contributed by atoms with E-state index in [1.807, 2.05) is 0 Å². The number of benzene rings is 1. The fourth-order valence-corrected chi connectivity index (χ4v) is 1.54. The second-order valence-electron chi connectivity index (χ2n) is 3.28. The van der Waals surface area contributed by atoms with E-state index < -0.39 is 0 Å². The van der Waals surface area contributed by atoms with Gasteiger partial charge < -0.3 is 10.5 Å². The smallest absolute Gasteiger partial charge is 0.123 e. The van der Waals surface area contributed by atoms with Crippen LogP contribution in [-0.2, 0) is 6.42 Å². The number of rotatable bonds is 5. The Hall–Kier alpha value is -1.16. The Kier molecular flexibility index (Phi) is 4.49. The van der Waals surface area contributed by atoms with Crippen molar-refractivity contribution in [2.24, 2.45) is 5.73 Å². The van der Waals surface area contributed by atoms with Crippen molar-refractivity contribution in [3.05, 3.63) is 29.6 Å². The first-order chi connectivity index (χ1) is 7.13. The molecule has 0 atom stereocenters. The number of nitrogens with two attached hydrogens (primary N) is 1. The third-order valence-electron chi connectivity index (χ3n) is 2.11. The summed E-state index contributed by atoms with van der Waals surface area (Å²) in [5.74, 6) is 0.459. The normalized spacial score (nSPS) is 10.0. The van der Waals surface area contributed by atoms with Crippen LogP contribution in [0.1, 0.15) is 18.4 Å². The zero-order chi connectivity index (χ0) is 11.3. The van der Waals surface area contributed by atoms with E-state index in [0.717, 1.165) is 18.4 Å². The second-order valence-corrected chi connectivity index (χ2v) is 3.80. The molecule has 0 radical (unpaired) electrons. The Morgan fingerprint density at radius 1 is 1.53 bits per heavy atom. The molecule has 0 amide bonds. The SMILES string of the molecule is COc1ccc(F)cc1CCCC(N)=S. The van der Waals surface area contributed by atoms with E-state index in [1.54, 1.807) is 13.2 Å². The molecule has 1 aromatic rings. The van der Waals surface area contributed by atoms with Crippen LogP contribution in [0.2, 0.25) is 0 Å². The van der Waals surface area contributed by atoms with Gasteiger partial charge in [0.25, 0.3) is 0 Å². The van der Waals surface area contributed by atoms with Crippen molar-refractivity contribution in [3.8, 4) is 5.75 Å². The molecule has 2 nitrogen and oxygen atoms in total. The molecule has 0 unspecified atom stereocenters. The first-order valence-corrected chi connectivity index (χ1v) is 5.15. The van der Waals surface area contributed by atoms with Gasteiger partial charge in [-0.1, -0.05) is 12.2 Å². The molecule has 15 heavy (non-hydrogen) atoms. The van der Waals surface area contributed by atoms with Crippen molar-refractivity contribution in [2.45, 2.75) is 19.3 Å². The van der Waals surface area contributed by atoms with Crippen molar-refractivity contribution in [2.75, 3.05) is 7.11 Å². The Morgan fingerprint density at radius 3 is 2.87 bits per heavy atom. The number of aryl methyl sites for hydroxylation is 1. The Balaban J connectivity index is 2.65. The van der Waals surface area contributed by atoms with Crippen LogP contribution in [0.4, 0.5) is 4.39 Å². The van der Waals surface area contributed by atoms with Crippen molar-refractivity contribution in [1.82, 2.24) is 0 Å². The highest BCUT2D eigenvalue weighted by Crippen LogP contribution is 2.21. The first-order valence-electron chi connectivity index (χ1n) is 4.74. The molecule has 4 heteroatoms. The molecule has 0 bridgehead atoms. The molecule has 82 valence electrons. The zero-order valence-electron chi connectivity index (χ0n) is 8.63. The van der Waals surface area contributed by atoms with E-state index in [4.69, 9.17) is 22.7 Å². The molecule has 0 spiro atoms. The van der Waals surface area contributed by atoms with Gasteiger partial charge in [0.1, 0.15) is 11.6 Å². The third-order valence-corrected chi connectivity index (χ3v) is 2.32. The Bertz CT molecular complexity index is 354. The van der Waals surface area contributed by atoms with Gasteiger partial charge in [0.05, 0.1) is 12.1 Å². The monoisotopic (exact) mass is 227 g/mol. The summed E-state index contributed by atoms with van der Waals surface area (Å²) in [7, 11) is 1.57. The average molecular weight is 227 g/mol. The molecule has 0 heterocycles. The summed E-state index contributed by atoms with van der Waals surface area (Å²) in [6.45, 7) is 0. The number of ether oxygens (including phenoxy) is 1. The van der Waals surface area contributed by atoms with Crippen molar-refractivity contribution in [1.29, 1.82) is 0 Å². The van der Waals surface area contributed by atoms with Gasteiger partial charge in [-0.25, -0.2) is 4.39 Å². The van der Waals surface area contributed by atoms with E-state index in [9.17, 15) is 4.39 Å². The summed E-state index contributed by atoms with van der Waals surface area (Å²) in [4.78, 5) is 0.491. The van der Waals surface area contributed by atoms with Gasteiger partial charge in [-0.15, -0.1) is 0 Å². The minimum absolute atomic E-state index is 0.249. The van der Waals surface area contributed by atoms with Gasteiger partial charge in [-0.3, -0.25) is 0 Å². The van der Waals surface area contributed by atoms with Crippen LogP contribution in [0.15, 0.2) is 18.2 Å². The lowest BCUT2D eigenvalue weighted by Crippen LogP contribution is -2.07. The number of thiocarbonyl (C=S) groups is 1. The lowest BCUT2D eigenvalue weighted by Gasteiger charge is -2.07. The lowest BCUT2D eigenvalue weighted by molar-refractivity contribution is 0.408. The van der Waals surface area contributed by atoms with E-state index in [2.05, 4.69) is 0 Å². The van der Waals surface area contributed by atoms with Gasteiger partial charge in [0.2, 0.25) is 0 Å². The molecule has 0 aliphatic rings. The number of hydrogen-bond donors (Lipinski definition) is 1. The maximum Gasteiger partial charge on any atom is 0.123 e. The summed E-state index contributed by atoms with van der Waals surface area (Å²) in [5.41, 5.74) is 6.24. The van der Waals surface area contributed by atoms with E-state index >= 15 is 0 Å². The molecular weight excluding hydrogens is 213 g/mol. The minimum atomic E-state index is -0.249. The maximum atomic E-state index is 13.0. The number of hydrogen-bond acceptors (Lipinski definition) is 2. The van der Waals surface area contributed by atoms with E-state index in [1.165, 1.54) is 12.1 Å². The zero-order valence-corrected chi connectivity index (χ0v) is 9.44. The summed E-state index contributed by atoms with van der Waals surface area (Å²) < 4.78 is 18.1. The highest BCUT2D eigenvalue weighted by Gasteiger charge is 2.04. The standard InChI is InChI=1S/C11H14FNOS/c1-14-10-6-5-9(12)7-8(10)3-2-4-11(13)15/h5-7H,2-4H2,1H3,(H2,13,15). The van der Waals surface area contributed by atoms with Crippen LogP contribution in [-0.4, -0.2) is 12.1 Å². The lowest BCUT2D eigenvalue weighted by atomic mass is 10.1. The van der Waals surface area contributed by atoms with Gasteiger partial charge in [0.15, 0.2) is 0 Å². The van der Waals surface area contributed by atoms with Crippen LogP contribution < -0.4 is 10.5 Å². The molecule has 1 aromatic carbocycles. The molecule has 0 aromatic heterocycles. The number of halogens is 1. The van der Waals surface area contributed by atoms with Gasteiger partial charge in [-0.2, -0.15) is 0 Å². The van der Waals surface area contributed by atoms with Gasteiger partial charge >= 0.3 is 0 Å². The molecule has 2 N–H and O–H groups in total. The molecule has 0 saturated carbocycles. The molecular formula is C11H14FNOS. The Morgan fingerprint density at radius 2 is 2.27 bits per heavy atom. The average Bonchev–Trinajstić information content (AvgIpc) is 2.17. The predicted molar refractivity (Wildman–Crippen MR) is 62.7 cm³/mol. The molecule has 0 aliphatic heterocycles. The summed E-state index contributed by atoms with van der Waals surface area (Å²) >= 11 is 4.77. The van der Waals surface area contributed by atoms with Crippen LogP contribution in [0, 0.1) is 5.82 Å². The van der Waals surface area contributed by atoms with Crippen LogP contribution in [0.25, 0.3) is 0 Å². The third kappa shape index (κ3) is 3.83. The Labute approximate surface area is 94.2 Å². The second kappa shape index (κ2) is 5.66. The van der Waals surface area contributed by atoms with E-state index in [-0.39, 0.29) is 5.82 Å².